The number of hydrogen-bond acceptors (Lipinski definition) is 3. The van der Waals surface area contributed by atoms with Crippen molar-refractivity contribution in [1.82, 2.24) is 6.15 Å². The standard InChI is InChI=1S/C7H16O3S.H3N/c1-2-3-4-5-6-7-11(8,9)10;/h2-7H2,1H3,(H,8,9,10);1H3. The van der Waals surface area contributed by atoms with E-state index < -0.39 is 10.1 Å². The van der Waals surface area contributed by atoms with Crippen LogP contribution in [0.2, 0.25) is 0 Å². The summed E-state index contributed by atoms with van der Waals surface area (Å²) in [5.41, 5.74) is 0. The molecule has 12 heavy (non-hydrogen) atoms. The van der Waals surface area contributed by atoms with Gasteiger partial charge >= 0.3 is 0 Å². The number of unbranched alkanes of at least 4 members (excludes halogenated alkanes) is 4. The Morgan fingerprint density at radius 1 is 1.08 bits per heavy atom. The third-order valence-electron chi connectivity index (χ3n) is 1.51. The summed E-state index contributed by atoms with van der Waals surface area (Å²) in [4.78, 5) is 0. The maximum absolute atomic E-state index is 10.2. The van der Waals surface area contributed by atoms with E-state index in [-0.39, 0.29) is 11.9 Å². The van der Waals surface area contributed by atoms with Crippen LogP contribution in [-0.2, 0) is 10.1 Å². The molecular formula is C7H19NO3S. The lowest BCUT2D eigenvalue weighted by Crippen LogP contribution is -2.03. The largest absolute Gasteiger partial charge is 0.344 e. The molecule has 0 saturated heterocycles. The third kappa shape index (κ3) is 12.5. The lowest BCUT2D eigenvalue weighted by molar-refractivity contribution is 0.479. The molecule has 0 radical (unpaired) electrons. The molecule has 5 heteroatoms. The van der Waals surface area contributed by atoms with Crippen LogP contribution in [0.1, 0.15) is 39.0 Å². The summed E-state index contributed by atoms with van der Waals surface area (Å²) in [5, 5.41) is 0. The molecule has 0 heterocycles. The van der Waals surface area contributed by atoms with E-state index >= 15 is 0 Å². The first-order chi connectivity index (χ1) is 5.06. The Labute approximate surface area is 74.7 Å². The quantitative estimate of drug-likeness (QED) is 0.503. The minimum Gasteiger partial charge on any atom is -0.344 e. The van der Waals surface area contributed by atoms with Gasteiger partial charge in [-0.3, -0.25) is 4.55 Å². The Bertz CT molecular complexity index is 177. The highest BCUT2D eigenvalue weighted by atomic mass is 32.2. The average Bonchev–Trinajstić information content (AvgIpc) is 1.85. The normalized spacial score (nSPS) is 10.8. The molecule has 0 aromatic rings. The van der Waals surface area contributed by atoms with E-state index in [1.165, 1.54) is 0 Å². The predicted octanol–water partition coefficient (Wildman–Crippen LogP) is 2.01. The highest BCUT2D eigenvalue weighted by Crippen LogP contribution is 2.03. The maximum Gasteiger partial charge on any atom is 0.264 e. The van der Waals surface area contributed by atoms with Crippen LogP contribution in [-0.4, -0.2) is 18.7 Å². The molecular weight excluding hydrogens is 178 g/mol. The molecule has 0 spiro atoms. The second kappa shape index (κ2) is 7.52. The Hall–Kier alpha value is -0.130. The van der Waals surface area contributed by atoms with Crippen LogP contribution in [0, 0.1) is 0 Å². The molecule has 0 aromatic carbocycles. The predicted molar refractivity (Wildman–Crippen MR) is 50.2 cm³/mol. The van der Waals surface area contributed by atoms with E-state index in [1.54, 1.807) is 0 Å². The zero-order chi connectivity index (χ0) is 8.74. The van der Waals surface area contributed by atoms with Crippen LogP contribution in [0.4, 0.5) is 0 Å². The van der Waals surface area contributed by atoms with Gasteiger partial charge in [-0.1, -0.05) is 32.6 Å². The lowest BCUT2D eigenvalue weighted by atomic mass is 10.2. The molecule has 0 saturated carbocycles. The minimum atomic E-state index is -3.71. The van der Waals surface area contributed by atoms with Gasteiger partial charge in [0, 0.05) is 0 Å². The van der Waals surface area contributed by atoms with Gasteiger partial charge in [0.2, 0.25) is 0 Å². The van der Waals surface area contributed by atoms with Crippen molar-refractivity contribution in [3.05, 3.63) is 0 Å². The summed E-state index contributed by atoms with van der Waals surface area (Å²) >= 11 is 0. The molecule has 4 N–H and O–H groups in total. The second-order valence-corrected chi connectivity index (χ2v) is 4.27. The van der Waals surface area contributed by atoms with Gasteiger partial charge in [-0.05, 0) is 6.42 Å². The van der Waals surface area contributed by atoms with Crippen molar-refractivity contribution < 1.29 is 13.0 Å². The fourth-order valence-corrected chi connectivity index (χ4v) is 1.46. The van der Waals surface area contributed by atoms with Gasteiger partial charge < -0.3 is 6.15 Å². The third-order valence-corrected chi connectivity index (χ3v) is 2.31. The second-order valence-electron chi connectivity index (χ2n) is 2.70. The Morgan fingerprint density at radius 3 is 2.00 bits per heavy atom. The van der Waals surface area contributed by atoms with Crippen molar-refractivity contribution >= 4 is 10.1 Å². The fraction of sp³-hybridized carbons (Fsp3) is 1.00. The average molecular weight is 197 g/mol. The first-order valence-electron chi connectivity index (χ1n) is 4.01. The zero-order valence-corrected chi connectivity index (χ0v) is 8.44. The van der Waals surface area contributed by atoms with Crippen LogP contribution in [0.5, 0.6) is 0 Å². The highest BCUT2D eigenvalue weighted by molar-refractivity contribution is 7.85. The molecule has 0 unspecified atom stereocenters. The number of rotatable bonds is 6. The molecule has 0 aliphatic rings. The zero-order valence-electron chi connectivity index (χ0n) is 7.62. The summed E-state index contributed by atoms with van der Waals surface area (Å²) < 4.78 is 28.8. The molecule has 0 bridgehead atoms. The van der Waals surface area contributed by atoms with Crippen molar-refractivity contribution in [2.24, 2.45) is 0 Å². The van der Waals surface area contributed by atoms with Gasteiger partial charge in [0.15, 0.2) is 0 Å². The molecule has 0 atom stereocenters. The summed E-state index contributed by atoms with van der Waals surface area (Å²) in [6.45, 7) is 2.10. The lowest BCUT2D eigenvalue weighted by Gasteiger charge is -1.96. The van der Waals surface area contributed by atoms with Crippen LogP contribution in [0.3, 0.4) is 0 Å². The Morgan fingerprint density at radius 2 is 1.58 bits per heavy atom. The summed E-state index contributed by atoms with van der Waals surface area (Å²) in [6, 6.07) is 0. The van der Waals surface area contributed by atoms with E-state index in [4.69, 9.17) is 4.55 Å². The summed E-state index contributed by atoms with van der Waals surface area (Å²) in [7, 11) is -3.71. The topological polar surface area (TPSA) is 89.4 Å². The van der Waals surface area contributed by atoms with Gasteiger partial charge in [0.1, 0.15) is 0 Å². The molecule has 0 aliphatic carbocycles. The van der Waals surface area contributed by atoms with Crippen LogP contribution >= 0.6 is 0 Å². The Balaban J connectivity index is 0. The minimum absolute atomic E-state index is 0. The Kier molecular flexibility index (Phi) is 9.02. The molecule has 0 rings (SSSR count). The van der Waals surface area contributed by atoms with E-state index in [2.05, 4.69) is 6.92 Å². The molecule has 0 amide bonds. The smallest absolute Gasteiger partial charge is 0.264 e. The van der Waals surface area contributed by atoms with Crippen molar-refractivity contribution in [2.75, 3.05) is 5.75 Å². The van der Waals surface area contributed by atoms with E-state index in [0.29, 0.717) is 6.42 Å². The van der Waals surface area contributed by atoms with Crippen molar-refractivity contribution in [3.8, 4) is 0 Å². The van der Waals surface area contributed by atoms with Gasteiger partial charge in [0.25, 0.3) is 10.1 Å². The highest BCUT2D eigenvalue weighted by Gasteiger charge is 2.02. The summed E-state index contributed by atoms with van der Waals surface area (Å²) in [5.74, 6) is -0.0866. The van der Waals surface area contributed by atoms with E-state index in [1.807, 2.05) is 0 Å². The molecule has 4 nitrogen and oxygen atoms in total. The van der Waals surface area contributed by atoms with Gasteiger partial charge in [-0.15, -0.1) is 0 Å². The molecule has 76 valence electrons. The fourth-order valence-electron chi connectivity index (χ4n) is 0.888. The van der Waals surface area contributed by atoms with Crippen LogP contribution in [0.15, 0.2) is 0 Å². The van der Waals surface area contributed by atoms with Crippen molar-refractivity contribution in [1.29, 1.82) is 0 Å². The van der Waals surface area contributed by atoms with Crippen molar-refractivity contribution in [2.45, 2.75) is 39.0 Å². The molecule has 0 fully saturated rings. The van der Waals surface area contributed by atoms with Gasteiger partial charge in [-0.2, -0.15) is 8.42 Å². The van der Waals surface area contributed by atoms with Crippen LogP contribution in [0.25, 0.3) is 0 Å². The summed E-state index contributed by atoms with van der Waals surface area (Å²) in [6.07, 6.45) is 4.83. The van der Waals surface area contributed by atoms with Crippen molar-refractivity contribution in [3.63, 3.8) is 0 Å². The molecule has 0 aromatic heterocycles. The molecule has 0 aliphatic heterocycles. The maximum atomic E-state index is 10.2. The number of hydrogen-bond donors (Lipinski definition) is 2. The first-order valence-corrected chi connectivity index (χ1v) is 5.62. The SMILES string of the molecule is CCCCCCCS(=O)(=O)O.N. The van der Waals surface area contributed by atoms with E-state index in [9.17, 15) is 8.42 Å². The van der Waals surface area contributed by atoms with Gasteiger partial charge in [-0.25, -0.2) is 0 Å². The van der Waals surface area contributed by atoms with Gasteiger partial charge in [0.05, 0.1) is 5.75 Å². The first kappa shape index (κ1) is 14.4. The monoisotopic (exact) mass is 197 g/mol. The van der Waals surface area contributed by atoms with Crippen LogP contribution < -0.4 is 6.15 Å². The van der Waals surface area contributed by atoms with E-state index in [0.717, 1.165) is 25.7 Å².